The highest BCUT2D eigenvalue weighted by molar-refractivity contribution is 6.29. The molecule has 0 aliphatic carbocycles. The standard InChI is InChI=1S/C58H33N5O/c1-2-17-34(18-3-1)61-46-29-13-8-23-39(46)51-42(26-16-31-48(51)61)54-57(60-58-55(59-54)41-25-10-15-32-50(41)64-58)63-47-30-14-9-24-40(47)52-49(63)33-43-37-21-7-12-28-45(37)62-44-27-11-6-20-36(44)35-19-4-5-22-38(35)53(52)56(43)62/h1-33H. The van der Waals surface area contributed by atoms with E-state index in [1.54, 1.807) is 0 Å². The van der Waals surface area contributed by atoms with Crippen LogP contribution >= 0.6 is 0 Å². The molecule has 0 spiro atoms. The van der Waals surface area contributed by atoms with E-state index >= 15 is 0 Å². The first kappa shape index (κ1) is 33.9. The largest absolute Gasteiger partial charge is 0.436 e. The molecule has 0 saturated heterocycles. The van der Waals surface area contributed by atoms with Gasteiger partial charge in [0.15, 0.2) is 5.82 Å². The summed E-state index contributed by atoms with van der Waals surface area (Å²) < 4.78 is 13.8. The lowest BCUT2D eigenvalue weighted by Crippen LogP contribution is -2.03. The second kappa shape index (κ2) is 12.4. The molecular weight excluding hydrogens is 783 g/mol. The Morgan fingerprint density at radius 3 is 1.78 bits per heavy atom. The predicted octanol–water partition coefficient (Wildman–Crippen LogP) is 15.0. The van der Waals surface area contributed by atoms with Crippen molar-refractivity contribution >= 4 is 87.6 Å². The molecule has 0 saturated carbocycles. The van der Waals surface area contributed by atoms with Gasteiger partial charge in [-0.3, -0.25) is 4.57 Å². The van der Waals surface area contributed by atoms with Crippen LogP contribution in [0.3, 0.4) is 0 Å². The Hall–Kier alpha value is -8.74. The number of benzene rings is 9. The van der Waals surface area contributed by atoms with Crippen LogP contribution in [0.25, 0.3) is 138 Å². The van der Waals surface area contributed by atoms with Gasteiger partial charge in [0.2, 0.25) is 5.71 Å². The van der Waals surface area contributed by atoms with E-state index in [2.05, 4.69) is 196 Å². The summed E-state index contributed by atoms with van der Waals surface area (Å²) in [5.74, 6) is 0.710. The number of furan rings is 1. The third kappa shape index (κ3) is 4.33. The Morgan fingerprint density at radius 2 is 0.969 bits per heavy atom. The topological polar surface area (TPSA) is 53.7 Å². The summed E-state index contributed by atoms with van der Waals surface area (Å²) in [7, 11) is 0. The molecule has 15 rings (SSSR count). The molecule has 0 unspecified atom stereocenters. The van der Waals surface area contributed by atoms with E-state index < -0.39 is 0 Å². The Labute approximate surface area is 365 Å². The molecule has 0 N–H and O–H groups in total. The summed E-state index contributed by atoms with van der Waals surface area (Å²) in [6.45, 7) is 0. The van der Waals surface area contributed by atoms with Crippen LogP contribution < -0.4 is 0 Å². The number of aromatic nitrogens is 5. The number of para-hydroxylation sites is 6. The van der Waals surface area contributed by atoms with Crippen LogP contribution in [-0.2, 0) is 0 Å². The second-order valence-corrected chi connectivity index (χ2v) is 16.8. The summed E-state index contributed by atoms with van der Waals surface area (Å²) in [5, 5.41) is 7.90. The summed E-state index contributed by atoms with van der Waals surface area (Å²) in [5.41, 5.74) is 17.6. The van der Waals surface area contributed by atoms with Gasteiger partial charge in [0.1, 0.15) is 16.8 Å². The van der Waals surface area contributed by atoms with Crippen LogP contribution in [0.1, 0.15) is 0 Å². The van der Waals surface area contributed by atoms with Crippen molar-refractivity contribution in [1.29, 1.82) is 0 Å². The number of hydrogen-bond acceptors (Lipinski definition) is 3. The number of hydrogen-bond donors (Lipinski definition) is 0. The van der Waals surface area contributed by atoms with Gasteiger partial charge in [0.25, 0.3) is 0 Å². The molecule has 6 heteroatoms. The SMILES string of the molecule is c1ccc(-n2c3ccccc3c3c(-c4nc5c(nc4-n4c6ccccc6c6c7c8c(cc64)c4ccccc4n8-c4ccccc4-c4ccccc4-7)oc4ccccc45)cccc32)cc1. The Morgan fingerprint density at radius 1 is 0.375 bits per heavy atom. The van der Waals surface area contributed by atoms with Gasteiger partial charge in [-0.05, 0) is 71.8 Å². The van der Waals surface area contributed by atoms with E-state index in [0.29, 0.717) is 11.5 Å². The Balaban J connectivity index is 1.15. The monoisotopic (exact) mass is 815 g/mol. The fourth-order valence-electron chi connectivity index (χ4n) is 11.1. The molecule has 296 valence electrons. The number of rotatable bonds is 3. The average Bonchev–Trinajstić information content (AvgIpc) is 4.07. The maximum absolute atomic E-state index is 6.62. The number of fused-ring (bicyclic) bond motifs is 18. The molecule has 0 fully saturated rings. The van der Waals surface area contributed by atoms with E-state index in [4.69, 9.17) is 14.4 Å². The maximum atomic E-state index is 6.62. The van der Waals surface area contributed by atoms with Crippen molar-refractivity contribution in [2.75, 3.05) is 0 Å². The molecule has 6 nitrogen and oxygen atoms in total. The lowest BCUT2D eigenvalue weighted by Gasteiger charge is -2.15. The number of nitrogens with zero attached hydrogens (tertiary/aromatic N) is 5. The van der Waals surface area contributed by atoms with Gasteiger partial charge in [-0.15, -0.1) is 0 Å². The van der Waals surface area contributed by atoms with Crippen LogP contribution in [0.5, 0.6) is 0 Å². The summed E-state index contributed by atoms with van der Waals surface area (Å²) in [6.07, 6.45) is 0. The van der Waals surface area contributed by atoms with Crippen molar-refractivity contribution in [2.24, 2.45) is 0 Å². The van der Waals surface area contributed by atoms with Crippen molar-refractivity contribution in [3.8, 4) is 50.7 Å². The first-order chi connectivity index (χ1) is 31.8. The minimum absolute atomic E-state index is 0.501. The smallest absolute Gasteiger partial charge is 0.248 e. The van der Waals surface area contributed by atoms with E-state index in [9.17, 15) is 0 Å². The second-order valence-electron chi connectivity index (χ2n) is 16.8. The van der Waals surface area contributed by atoms with E-state index in [1.165, 1.54) is 55.1 Å². The van der Waals surface area contributed by atoms with Gasteiger partial charge in [-0.1, -0.05) is 140 Å². The van der Waals surface area contributed by atoms with Crippen molar-refractivity contribution in [3.63, 3.8) is 0 Å². The molecule has 5 aromatic heterocycles. The predicted molar refractivity (Wildman–Crippen MR) is 262 cm³/mol. The molecule has 6 heterocycles. The summed E-state index contributed by atoms with van der Waals surface area (Å²) >= 11 is 0. The molecule has 0 atom stereocenters. The lowest BCUT2D eigenvalue weighted by atomic mass is 9.91. The van der Waals surface area contributed by atoms with Crippen LogP contribution in [0.4, 0.5) is 0 Å². The minimum atomic E-state index is 0.501. The van der Waals surface area contributed by atoms with Gasteiger partial charge in [0.05, 0.1) is 38.8 Å². The van der Waals surface area contributed by atoms with Crippen LogP contribution in [-0.4, -0.2) is 23.7 Å². The van der Waals surface area contributed by atoms with Gasteiger partial charge in [-0.2, -0.15) is 4.98 Å². The first-order valence-corrected chi connectivity index (χ1v) is 21.8. The van der Waals surface area contributed by atoms with Gasteiger partial charge < -0.3 is 13.6 Å². The van der Waals surface area contributed by atoms with E-state index in [-0.39, 0.29) is 0 Å². The summed E-state index contributed by atoms with van der Waals surface area (Å²) in [4.78, 5) is 11.3. The van der Waals surface area contributed by atoms with E-state index in [0.717, 1.165) is 71.7 Å². The zero-order valence-corrected chi connectivity index (χ0v) is 34.2. The van der Waals surface area contributed by atoms with Crippen molar-refractivity contribution in [1.82, 2.24) is 23.7 Å². The fourth-order valence-corrected chi connectivity index (χ4v) is 11.1. The van der Waals surface area contributed by atoms with Gasteiger partial charge in [0, 0.05) is 60.1 Å². The molecule has 1 aliphatic heterocycles. The molecule has 64 heavy (non-hydrogen) atoms. The summed E-state index contributed by atoms with van der Waals surface area (Å²) in [6, 6.07) is 71.8. The average molecular weight is 816 g/mol. The highest BCUT2D eigenvalue weighted by Crippen LogP contribution is 2.52. The van der Waals surface area contributed by atoms with Crippen molar-refractivity contribution in [2.45, 2.75) is 0 Å². The highest BCUT2D eigenvalue weighted by atomic mass is 16.3. The molecule has 0 bridgehead atoms. The third-order valence-electron chi connectivity index (χ3n) is 13.6. The molecule has 0 amide bonds. The molecule has 9 aromatic carbocycles. The molecule has 14 aromatic rings. The zero-order valence-electron chi connectivity index (χ0n) is 34.2. The minimum Gasteiger partial charge on any atom is -0.436 e. The van der Waals surface area contributed by atoms with Crippen molar-refractivity contribution < 1.29 is 4.42 Å². The molecular formula is C58H33N5O. The van der Waals surface area contributed by atoms with Crippen LogP contribution in [0.2, 0.25) is 0 Å². The Bertz CT molecular complexity index is 4320. The van der Waals surface area contributed by atoms with Gasteiger partial charge >= 0.3 is 0 Å². The lowest BCUT2D eigenvalue weighted by molar-refractivity contribution is 0.652. The zero-order chi connectivity index (χ0) is 41.6. The maximum Gasteiger partial charge on any atom is 0.248 e. The Kier molecular flexibility index (Phi) is 6.59. The fraction of sp³-hybridized carbons (Fsp3) is 0. The first-order valence-electron chi connectivity index (χ1n) is 21.8. The van der Waals surface area contributed by atoms with Crippen LogP contribution in [0.15, 0.2) is 205 Å². The van der Waals surface area contributed by atoms with Crippen molar-refractivity contribution in [3.05, 3.63) is 200 Å². The highest BCUT2D eigenvalue weighted by Gasteiger charge is 2.31. The van der Waals surface area contributed by atoms with E-state index in [1.807, 2.05) is 18.2 Å². The quantitative estimate of drug-likeness (QED) is 0.178. The molecule has 0 radical (unpaired) electrons. The third-order valence-corrected chi connectivity index (χ3v) is 13.6. The molecule has 1 aliphatic rings. The van der Waals surface area contributed by atoms with Crippen LogP contribution in [0, 0.1) is 0 Å². The normalized spacial score (nSPS) is 12.4. The van der Waals surface area contributed by atoms with Gasteiger partial charge in [-0.25, -0.2) is 4.98 Å².